The van der Waals surface area contributed by atoms with Gasteiger partial charge < -0.3 is 4.90 Å². The fourth-order valence-electron chi connectivity index (χ4n) is 4.18. The van der Waals surface area contributed by atoms with Crippen molar-refractivity contribution in [3.8, 4) is 11.1 Å². The molecule has 0 unspecified atom stereocenters. The Labute approximate surface area is 215 Å². The van der Waals surface area contributed by atoms with Gasteiger partial charge in [0.15, 0.2) is 0 Å². The first-order valence-corrected chi connectivity index (χ1v) is 12.9. The monoisotopic (exact) mass is 501 g/mol. The molecule has 1 aromatic heterocycles. The molecule has 0 N–H and O–H groups in total. The van der Waals surface area contributed by atoms with E-state index in [1.807, 2.05) is 24.3 Å². The third-order valence-corrected chi connectivity index (χ3v) is 7.82. The molecular weight excluding hydrogens is 477 g/mol. The van der Waals surface area contributed by atoms with Crippen molar-refractivity contribution >= 4 is 61.7 Å². The third-order valence-electron chi connectivity index (χ3n) is 6.06. The maximum Gasteiger partial charge on any atom is 0.0832 e. The summed E-state index contributed by atoms with van der Waals surface area (Å²) in [4.78, 5) is 2.22. The maximum absolute atomic E-state index is 6.77. The largest absolute Gasteiger partial charge is 0.307 e. The molecule has 0 radical (unpaired) electrons. The molecule has 0 amide bonds. The Bertz CT molecular complexity index is 1450. The normalized spacial score (nSPS) is 11.7. The van der Waals surface area contributed by atoms with Crippen molar-refractivity contribution in [2.24, 2.45) is 0 Å². The second kappa shape index (κ2) is 9.11. The van der Waals surface area contributed by atoms with E-state index in [-0.39, 0.29) is 5.41 Å². The molecule has 0 spiro atoms. The van der Waals surface area contributed by atoms with E-state index in [0.29, 0.717) is 10.0 Å². The molecule has 1 nitrogen and oxygen atoms in total. The summed E-state index contributed by atoms with van der Waals surface area (Å²) in [6.07, 6.45) is 0. The summed E-state index contributed by atoms with van der Waals surface area (Å²) in [6.45, 7) is 6.68. The zero-order valence-corrected chi connectivity index (χ0v) is 21.7. The van der Waals surface area contributed by atoms with Crippen LogP contribution in [0.5, 0.6) is 0 Å². The number of hydrogen-bond acceptors (Lipinski definition) is 2. The molecule has 4 aromatic carbocycles. The lowest BCUT2D eigenvalue weighted by molar-refractivity contribution is 0.590. The number of hydrogen-bond donors (Lipinski definition) is 0. The van der Waals surface area contributed by atoms with Crippen LogP contribution in [-0.4, -0.2) is 0 Å². The number of thiophene rings is 1. The standard InChI is InChI=1S/C30H25Cl2NS/c1-30(2,3)22-13-15-23(16-14-22)33(26-11-7-10-25(31)29(26)32)27-19-34-28-17-12-21(18-24(27)28)20-8-5-4-6-9-20/h4-19H,1-3H3. The van der Waals surface area contributed by atoms with Crippen molar-refractivity contribution in [1.29, 1.82) is 0 Å². The van der Waals surface area contributed by atoms with Crippen LogP contribution in [0.3, 0.4) is 0 Å². The van der Waals surface area contributed by atoms with Crippen molar-refractivity contribution in [2.75, 3.05) is 4.90 Å². The Morgan fingerprint density at radius 1 is 0.706 bits per heavy atom. The summed E-state index contributed by atoms with van der Waals surface area (Å²) in [5.74, 6) is 0. The van der Waals surface area contributed by atoms with Gasteiger partial charge in [0.1, 0.15) is 0 Å². The van der Waals surface area contributed by atoms with Gasteiger partial charge in [-0.15, -0.1) is 11.3 Å². The molecular formula is C30H25Cl2NS. The van der Waals surface area contributed by atoms with Crippen LogP contribution in [0, 0.1) is 0 Å². The quantitative estimate of drug-likeness (QED) is 0.236. The Morgan fingerprint density at radius 2 is 1.44 bits per heavy atom. The molecule has 170 valence electrons. The van der Waals surface area contributed by atoms with Gasteiger partial charge in [-0.25, -0.2) is 0 Å². The van der Waals surface area contributed by atoms with Gasteiger partial charge in [-0.1, -0.05) is 98.6 Å². The highest BCUT2D eigenvalue weighted by molar-refractivity contribution is 7.17. The van der Waals surface area contributed by atoms with Crippen LogP contribution in [0.15, 0.2) is 96.4 Å². The van der Waals surface area contributed by atoms with Gasteiger partial charge in [-0.05, 0) is 58.5 Å². The van der Waals surface area contributed by atoms with E-state index in [1.165, 1.54) is 26.8 Å². The summed E-state index contributed by atoms with van der Waals surface area (Å²) in [5.41, 5.74) is 6.75. The SMILES string of the molecule is CC(C)(C)c1ccc(N(c2cccc(Cl)c2Cl)c2csc3ccc(-c4ccccc4)cc23)cc1. The van der Waals surface area contributed by atoms with E-state index in [0.717, 1.165) is 17.1 Å². The van der Waals surface area contributed by atoms with Gasteiger partial charge in [-0.3, -0.25) is 0 Å². The van der Waals surface area contributed by atoms with Crippen LogP contribution in [0.1, 0.15) is 26.3 Å². The number of nitrogens with zero attached hydrogens (tertiary/aromatic N) is 1. The zero-order chi connectivity index (χ0) is 23.9. The van der Waals surface area contributed by atoms with Crippen molar-refractivity contribution in [3.05, 3.63) is 112 Å². The molecule has 0 saturated carbocycles. The van der Waals surface area contributed by atoms with Gasteiger partial charge in [0, 0.05) is 21.2 Å². The number of rotatable bonds is 4. The lowest BCUT2D eigenvalue weighted by atomic mass is 9.87. The summed E-state index contributed by atoms with van der Waals surface area (Å²) in [7, 11) is 0. The minimum absolute atomic E-state index is 0.0801. The van der Waals surface area contributed by atoms with Crippen molar-refractivity contribution in [3.63, 3.8) is 0 Å². The van der Waals surface area contributed by atoms with E-state index < -0.39 is 0 Å². The van der Waals surface area contributed by atoms with Gasteiger partial charge in [0.25, 0.3) is 0 Å². The molecule has 1 heterocycles. The summed E-state index contributed by atoms with van der Waals surface area (Å²) in [5, 5.41) is 4.47. The van der Waals surface area contributed by atoms with Gasteiger partial charge in [0.2, 0.25) is 0 Å². The molecule has 0 aliphatic carbocycles. The summed E-state index contributed by atoms with van der Waals surface area (Å²) >= 11 is 15.0. The predicted octanol–water partition coefficient (Wildman–Crippen LogP) is 10.6. The fraction of sp³-hybridized carbons (Fsp3) is 0.133. The van der Waals surface area contributed by atoms with Crippen LogP contribution < -0.4 is 4.90 Å². The summed E-state index contributed by atoms with van der Waals surface area (Å²) < 4.78 is 1.23. The summed E-state index contributed by atoms with van der Waals surface area (Å²) in [6, 6.07) is 31.7. The molecule has 0 aliphatic rings. The van der Waals surface area contributed by atoms with Gasteiger partial charge in [0.05, 0.1) is 21.4 Å². The highest BCUT2D eigenvalue weighted by Crippen LogP contribution is 2.46. The van der Waals surface area contributed by atoms with E-state index in [4.69, 9.17) is 23.2 Å². The number of anilines is 3. The van der Waals surface area contributed by atoms with E-state index >= 15 is 0 Å². The van der Waals surface area contributed by atoms with Crippen molar-refractivity contribution in [1.82, 2.24) is 0 Å². The third kappa shape index (κ3) is 4.34. The number of benzene rings is 4. The van der Waals surface area contributed by atoms with Crippen LogP contribution in [0.4, 0.5) is 17.1 Å². The van der Waals surface area contributed by atoms with E-state index in [2.05, 4.69) is 97.8 Å². The first kappa shape index (κ1) is 23.0. The molecule has 0 bridgehead atoms. The lowest BCUT2D eigenvalue weighted by Crippen LogP contribution is -2.13. The topological polar surface area (TPSA) is 3.24 Å². The zero-order valence-electron chi connectivity index (χ0n) is 19.3. The fourth-order valence-corrected chi connectivity index (χ4v) is 5.47. The van der Waals surface area contributed by atoms with E-state index in [1.54, 1.807) is 11.3 Å². The molecule has 0 fully saturated rings. The first-order chi connectivity index (χ1) is 16.3. The predicted molar refractivity (Wildman–Crippen MR) is 151 cm³/mol. The second-order valence-corrected chi connectivity index (χ2v) is 11.1. The molecule has 5 rings (SSSR count). The molecule has 0 aliphatic heterocycles. The highest BCUT2D eigenvalue weighted by Gasteiger charge is 2.21. The van der Waals surface area contributed by atoms with Crippen LogP contribution in [0.2, 0.25) is 10.0 Å². The molecule has 5 aromatic rings. The van der Waals surface area contributed by atoms with Crippen LogP contribution in [-0.2, 0) is 5.41 Å². The Balaban J connectivity index is 1.71. The molecule has 4 heteroatoms. The first-order valence-electron chi connectivity index (χ1n) is 11.2. The van der Waals surface area contributed by atoms with Gasteiger partial charge >= 0.3 is 0 Å². The van der Waals surface area contributed by atoms with Crippen molar-refractivity contribution < 1.29 is 0 Å². The van der Waals surface area contributed by atoms with Crippen LogP contribution in [0.25, 0.3) is 21.2 Å². The Kier molecular flexibility index (Phi) is 6.16. The van der Waals surface area contributed by atoms with Crippen LogP contribution >= 0.6 is 34.5 Å². The minimum Gasteiger partial charge on any atom is -0.307 e. The smallest absolute Gasteiger partial charge is 0.0832 e. The minimum atomic E-state index is 0.0801. The lowest BCUT2D eigenvalue weighted by Gasteiger charge is -2.27. The average Bonchev–Trinajstić information content (AvgIpc) is 3.25. The number of fused-ring (bicyclic) bond motifs is 1. The van der Waals surface area contributed by atoms with Crippen molar-refractivity contribution in [2.45, 2.75) is 26.2 Å². The average molecular weight is 503 g/mol. The second-order valence-electron chi connectivity index (χ2n) is 9.40. The Hall–Kier alpha value is -2.78. The van der Waals surface area contributed by atoms with Gasteiger partial charge in [-0.2, -0.15) is 0 Å². The molecule has 34 heavy (non-hydrogen) atoms. The molecule has 0 saturated heterocycles. The van der Waals surface area contributed by atoms with E-state index in [9.17, 15) is 0 Å². The highest BCUT2D eigenvalue weighted by atomic mass is 35.5. The number of halogens is 2. The molecule has 0 atom stereocenters. The maximum atomic E-state index is 6.77. The Morgan fingerprint density at radius 3 is 2.15 bits per heavy atom.